The van der Waals surface area contributed by atoms with Crippen LogP contribution >= 0.6 is 0 Å². The minimum Gasteiger partial charge on any atom is -0.329 e. The highest BCUT2D eigenvalue weighted by atomic mass is 32.2. The molecule has 0 aromatic heterocycles. The molecule has 0 amide bonds. The van der Waals surface area contributed by atoms with E-state index in [0.29, 0.717) is 0 Å². The zero-order valence-electron chi connectivity index (χ0n) is 10.0. The first-order chi connectivity index (χ1) is 7.36. The molecule has 1 rings (SSSR count). The summed E-state index contributed by atoms with van der Waals surface area (Å²) in [4.78, 5) is 0. The van der Waals surface area contributed by atoms with E-state index in [0.717, 1.165) is 16.7 Å². The monoisotopic (exact) mass is 241 g/mol. The Bertz CT molecular complexity index is 466. The number of aryl methyl sites for hydroxylation is 2. The summed E-state index contributed by atoms with van der Waals surface area (Å²) in [5.74, 6) is 0.0822. The van der Waals surface area contributed by atoms with Crippen molar-refractivity contribution in [3.05, 3.63) is 34.9 Å². The van der Waals surface area contributed by atoms with Gasteiger partial charge in [-0.2, -0.15) is 0 Å². The van der Waals surface area contributed by atoms with Crippen molar-refractivity contribution in [3.63, 3.8) is 0 Å². The fourth-order valence-corrected chi connectivity index (χ4v) is 2.78. The molecule has 16 heavy (non-hydrogen) atoms. The highest BCUT2D eigenvalue weighted by Crippen LogP contribution is 2.16. The lowest BCUT2D eigenvalue weighted by Crippen LogP contribution is -2.27. The Morgan fingerprint density at radius 2 is 1.94 bits per heavy atom. The Balaban J connectivity index is 3.01. The molecular formula is C12H19NO2S. The van der Waals surface area contributed by atoms with Crippen LogP contribution in [0.3, 0.4) is 0 Å². The van der Waals surface area contributed by atoms with E-state index in [4.69, 9.17) is 5.73 Å². The molecule has 0 aliphatic heterocycles. The van der Waals surface area contributed by atoms with E-state index in [9.17, 15) is 8.42 Å². The number of sulfone groups is 1. The molecule has 0 heterocycles. The van der Waals surface area contributed by atoms with E-state index in [1.165, 1.54) is 0 Å². The molecule has 4 heteroatoms. The average Bonchev–Trinajstić information content (AvgIpc) is 2.22. The van der Waals surface area contributed by atoms with Gasteiger partial charge in [-0.3, -0.25) is 0 Å². The van der Waals surface area contributed by atoms with Crippen LogP contribution in [0.15, 0.2) is 18.2 Å². The summed E-state index contributed by atoms with van der Waals surface area (Å²) in [5.41, 5.74) is 8.37. The van der Waals surface area contributed by atoms with Gasteiger partial charge in [0.05, 0.1) is 11.0 Å². The zero-order chi connectivity index (χ0) is 12.3. The molecule has 1 unspecified atom stereocenters. The molecule has 0 aliphatic carbocycles. The third-order valence-corrected chi connectivity index (χ3v) is 4.94. The van der Waals surface area contributed by atoms with Gasteiger partial charge in [0.15, 0.2) is 9.84 Å². The molecule has 1 atom stereocenters. The second-order valence-corrected chi connectivity index (χ2v) is 6.70. The van der Waals surface area contributed by atoms with Gasteiger partial charge in [0.25, 0.3) is 0 Å². The molecule has 3 nitrogen and oxygen atoms in total. The van der Waals surface area contributed by atoms with Crippen LogP contribution in [0.4, 0.5) is 0 Å². The van der Waals surface area contributed by atoms with Crippen molar-refractivity contribution in [2.75, 3.05) is 6.54 Å². The van der Waals surface area contributed by atoms with E-state index in [1.54, 1.807) is 6.92 Å². The largest absolute Gasteiger partial charge is 0.329 e. The minimum atomic E-state index is -3.13. The molecular weight excluding hydrogens is 222 g/mol. The Hall–Kier alpha value is -0.870. The lowest BCUT2D eigenvalue weighted by atomic mass is 10.1. The minimum absolute atomic E-state index is 0.0822. The predicted molar refractivity (Wildman–Crippen MR) is 67.1 cm³/mol. The van der Waals surface area contributed by atoms with E-state index >= 15 is 0 Å². The molecule has 0 aliphatic rings. The third kappa shape index (κ3) is 3.06. The van der Waals surface area contributed by atoms with Gasteiger partial charge >= 0.3 is 0 Å². The Morgan fingerprint density at radius 1 is 1.31 bits per heavy atom. The van der Waals surface area contributed by atoms with Crippen molar-refractivity contribution in [2.24, 2.45) is 5.73 Å². The lowest BCUT2D eigenvalue weighted by molar-refractivity contribution is 0.583. The summed E-state index contributed by atoms with van der Waals surface area (Å²) < 4.78 is 23.8. The summed E-state index contributed by atoms with van der Waals surface area (Å²) in [6, 6.07) is 5.86. The Kier molecular flexibility index (Phi) is 4.10. The summed E-state index contributed by atoms with van der Waals surface area (Å²) in [6.45, 7) is 5.72. The molecule has 0 bridgehead atoms. The first kappa shape index (κ1) is 13.2. The van der Waals surface area contributed by atoms with Gasteiger partial charge in [-0.25, -0.2) is 8.42 Å². The first-order valence-corrected chi connectivity index (χ1v) is 7.06. The SMILES string of the molecule is Cc1ccc(C)c(CS(=O)(=O)C(C)CN)c1. The molecule has 1 aromatic carbocycles. The van der Waals surface area contributed by atoms with Crippen molar-refractivity contribution in [3.8, 4) is 0 Å². The number of rotatable bonds is 4. The molecule has 0 spiro atoms. The van der Waals surface area contributed by atoms with Crippen molar-refractivity contribution in [1.82, 2.24) is 0 Å². The van der Waals surface area contributed by atoms with Crippen molar-refractivity contribution in [1.29, 1.82) is 0 Å². The number of nitrogens with two attached hydrogens (primary N) is 1. The Morgan fingerprint density at radius 3 is 2.50 bits per heavy atom. The first-order valence-electron chi connectivity index (χ1n) is 5.34. The van der Waals surface area contributed by atoms with E-state index in [2.05, 4.69) is 0 Å². The van der Waals surface area contributed by atoms with Crippen LogP contribution in [-0.2, 0) is 15.6 Å². The van der Waals surface area contributed by atoms with Crippen LogP contribution in [0.2, 0.25) is 0 Å². The van der Waals surface area contributed by atoms with Gasteiger partial charge in [-0.05, 0) is 31.9 Å². The fourth-order valence-electron chi connectivity index (χ4n) is 1.46. The zero-order valence-corrected chi connectivity index (χ0v) is 10.8. The van der Waals surface area contributed by atoms with Crippen LogP contribution in [0.25, 0.3) is 0 Å². The number of benzene rings is 1. The molecule has 0 fully saturated rings. The van der Waals surface area contributed by atoms with Crippen LogP contribution < -0.4 is 5.73 Å². The van der Waals surface area contributed by atoms with Gasteiger partial charge in [0.2, 0.25) is 0 Å². The lowest BCUT2D eigenvalue weighted by Gasteiger charge is -2.12. The summed E-state index contributed by atoms with van der Waals surface area (Å²) >= 11 is 0. The fraction of sp³-hybridized carbons (Fsp3) is 0.500. The van der Waals surface area contributed by atoms with Gasteiger partial charge < -0.3 is 5.73 Å². The summed E-state index contributed by atoms with van der Waals surface area (Å²) in [5, 5.41) is -0.479. The van der Waals surface area contributed by atoms with Crippen LogP contribution in [0, 0.1) is 13.8 Å². The van der Waals surface area contributed by atoms with Crippen LogP contribution in [0.1, 0.15) is 23.6 Å². The molecule has 2 N–H and O–H groups in total. The van der Waals surface area contributed by atoms with Crippen LogP contribution in [-0.4, -0.2) is 20.2 Å². The van der Waals surface area contributed by atoms with Crippen molar-refractivity contribution >= 4 is 9.84 Å². The molecule has 0 saturated carbocycles. The highest BCUT2D eigenvalue weighted by Gasteiger charge is 2.20. The van der Waals surface area contributed by atoms with Crippen LogP contribution in [0.5, 0.6) is 0 Å². The molecule has 0 saturated heterocycles. The topological polar surface area (TPSA) is 60.2 Å². The van der Waals surface area contributed by atoms with E-state index < -0.39 is 15.1 Å². The maximum atomic E-state index is 11.9. The van der Waals surface area contributed by atoms with Crippen molar-refractivity contribution in [2.45, 2.75) is 31.8 Å². The normalized spacial score (nSPS) is 13.8. The third-order valence-electron chi connectivity index (χ3n) is 2.81. The average molecular weight is 241 g/mol. The smallest absolute Gasteiger partial charge is 0.158 e. The quantitative estimate of drug-likeness (QED) is 0.870. The molecule has 0 radical (unpaired) electrons. The van der Waals surface area contributed by atoms with E-state index in [-0.39, 0.29) is 12.3 Å². The predicted octanol–water partition coefficient (Wildman–Crippen LogP) is 1.57. The molecule has 90 valence electrons. The Labute approximate surface area is 97.6 Å². The van der Waals surface area contributed by atoms with Crippen molar-refractivity contribution < 1.29 is 8.42 Å². The molecule has 1 aromatic rings. The number of hydrogen-bond acceptors (Lipinski definition) is 3. The van der Waals surface area contributed by atoms with E-state index in [1.807, 2.05) is 32.0 Å². The second kappa shape index (κ2) is 4.97. The highest BCUT2D eigenvalue weighted by molar-refractivity contribution is 7.91. The maximum Gasteiger partial charge on any atom is 0.158 e. The second-order valence-electron chi connectivity index (χ2n) is 4.28. The maximum absolute atomic E-state index is 11.9. The standard InChI is InChI=1S/C12H19NO2S/c1-9-4-5-10(2)12(6-9)8-16(14,15)11(3)7-13/h4-6,11H,7-8,13H2,1-3H3. The van der Waals surface area contributed by atoms with Gasteiger partial charge in [-0.1, -0.05) is 23.8 Å². The van der Waals surface area contributed by atoms with Gasteiger partial charge in [-0.15, -0.1) is 0 Å². The van der Waals surface area contributed by atoms with Gasteiger partial charge in [0, 0.05) is 6.54 Å². The summed E-state index contributed by atoms with van der Waals surface area (Å²) in [7, 11) is -3.13. The van der Waals surface area contributed by atoms with Gasteiger partial charge in [0.1, 0.15) is 0 Å². The number of hydrogen-bond donors (Lipinski definition) is 1. The summed E-state index contributed by atoms with van der Waals surface area (Å²) in [6.07, 6.45) is 0.